The van der Waals surface area contributed by atoms with Crippen LogP contribution in [0.25, 0.3) is 0 Å². The monoisotopic (exact) mass is 223 g/mol. The van der Waals surface area contributed by atoms with Gasteiger partial charge in [0.1, 0.15) is 5.69 Å². The van der Waals surface area contributed by atoms with E-state index in [1.54, 1.807) is 0 Å². The molecule has 0 atom stereocenters. The molecule has 0 fully saturated rings. The number of carbonyl (C=O) groups is 1. The van der Waals surface area contributed by atoms with Gasteiger partial charge in [0.05, 0.1) is 7.11 Å². The Labute approximate surface area is 97.4 Å². The van der Waals surface area contributed by atoms with Crippen molar-refractivity contribution in [2.45, 2.75) is 46.1 Å². The third-order valence-corrected chi connectivity index (χ3v) is 2.71. The first kappa shape index (κ1) is 12.8. The minimum Gasteiger partial charge on any atom is -0.464 e. The number of ether oxygens (including phenoxy) is 1. The second-order valence-electron chi connectivity index (χ2n) is 3.96. The molecule has 1 rings (SSSR count). The smallest absolute Gasteiger partial charge is 0.354 e. The summed E-state index contributed by atoms with van der Waals surface area (Å²) in [5, 5.41) is 0. The van der Waals surface area contributed by atoms with Gasteiger partial charge in [-0.15, -0.1) is 0 Å². The van der Waals surface area contributed by atoms with E-state index in [-0.39, 0.29) is 5.97 Å². The first-order valence-electron chi connectivity index (χ1n) is 6.01. The molecule has 16 heavy (non-hydrogen) atoms. The molecule has 0 amide bonds. The predicted molar refractivity (Wildman–Crippen MR) is 64.7 cm³/mol. The summed E-state index contributed by atoms with van der Waals surface area (Å²) < 4.78 is 6.88. The van der Waals surface area contributed by atoms with Crippen molar-refractivity contribution >= 4 is 5.97 Å². The van der Waals surface area contributed by atoms with Gasteiger partial charge in [-0.25, -0.2) is 4.79 Å². The van der Waals surface area contributed by atoms with Crippen LogP contribution in [0, 0.1) is 0 Å². The van der Waals surface area contributed by atoms with E-state index in [1.165, 1.54) is 12.8 Å². The molecule has 0 N–H and O–H groups in total. The second-order valence-corrected chi connectivity index (χ2v) is 3.96. The number of hydrogen-bond acceptors (Lipinski definition) is 2. The zero-order chi connectivity index (χ0) is 12.0. The van der Waals surface area contributed by atoms with E-state index < -0.39 is 0 Å². The number of nitrogens with zero attached hydrogens (tertiary/aromatic N) is 1. The summed E-state index contributed by atoms with van der Waals surface area (Å²) in [5.41, 5.74) is 1.91. The Morgan fingerprint density at radius 3 is 2.62 bits per heavy atom. The summed E-state index contributed by atoms with van der Waals surface area (Å²) >= 11 is 0. The highest BCUT2D eigenvalue weighted by molar-refractivity contribution is 5.87. The van der Waals surface area contributed by atoms with Gasteiger partial charge in [-0.3, -0.25) is 0 Å². The fourth-order valence-electron chi connectivity index (χ4n) is 1.85. The molecule has 0 aliphatic heterocycles. The Balaban J connectivity index is 2.93. The SMILES string of the molecule is CCCCn1c(CCC)ccc1C(=O)OC. The number of aryl methyl sites for hydroxylation is 1. The van der Waals surface area contributed by atoms with Crippen LogP contribution in [-0.2, 0) is 17.7 Å². The van der Waals surface area contributed by atoms with Crippen molar-refractivity contribution in [3.63, 3.8) is 0 Å². The van der Waals surface area contributed by atoms with Gasteiger partial charge in [-0.2, -0.15) is 0 Å². The van der Waals surface area contributed by atoms with E-state index in [0.29, 0.717) is 5.69 Å². The number of esters is 1. The van der Waals surface area contributed by atoms with Crippen molar-refractivity contribution in [3.8, 4) is 0 Å². The van der Waals surface area contributed by atoms with E-state index >= 15 is 0 Å². The lowest BCUT2D eigenvalue weighted by atomic mass is 10.2. The van der Waals surface area contributed by atoms with Gasteiger partial charge in [0.25, 0.3) is 0 Å². The standard InChI is InChI=1S/C13H21NO2/c1-4-6-10-14-11(7-5-2)8-9-12(14)13(15)16-3/h8-9H,4-7,10H2,1-3H3. The Morgan fingerprint density at radius 2 is 2.06 bits per heavy atom. The van der Waals surface area contributed by atoms with Crippen LogP contribution < -0.4 is 0 Å². The fraction of sp³-hybridized carbons (Fsp3) is 0.615. The average molecular weight is 223 g/mol. The maximum atomic E-state index is 11.6. The summed E-state index contributed by atoms with van der Waals surface area (Å²) in [4.78, 5) is 11.6. The molecule has 90 valence electrons. The van der Waals surface area contributed by atoms with Crippen LogP contribution >= 0.6 is 0 Å². The molecule has 0 aromatic carbocycles. The molecule has 1 heterocycles. The largest absolute Gasteiger partial charge is 0.464 e. The number of aromatic nitrogens is 1. The van der Waals surface area contributed by atoms with Crippen LogP contribution in [0.3, 0.4) is 0 Å². The summed E-state index contributed by atoms with van der Waals surface area (Å²) in [6.45, 7) is 5.21. The van der Waals surface area contributed by atoms with Gasteiger partial charge in [0.2, 0.25) is 0 Å². The number of carbonyl (C=O) groups excluding carboxylic acids is 1. The molecule has 0 bridgehead atoms. The van der Waals surface area contributed by atoms with Crippen molar-refractivity contribution in [1.29, 1.82) is 0 Å². The van der Waals surface area contributed by atoms with Crippen molar-refractivity contribution in [3.05, 3.63) is 23.5 Å². The van der Waals surface area contributed by atoms with Gasteiger partial charge in [0.15, 0.2) is 0 Å². The van der Waals surface area contributed by atoms with Crippen molar-refractivity contribution < 1.29 is 9.53 Å². The maximum Gasteiger partial charge on any atom is 0.354 e. The number of methoxy groups -OCH3 is 1. The van der Waals surface area contributed by atoms with Crippen molar-refractivity contribution in [1.82, 2.24) is 4.57 Å². The minimum absolute atomic E-state index is 0.238. The summed E-state index contributed by atoms with van der Waals surface area (Å²) in [5.74, 6) is -0.238. The summed E-state index contributed by atoms with van der Waals surface area (Å²) in [6, 6.07) is 3.90. The van der Waals surface area contributed by atoms with E-state index in [0.717, 1.165) is 32.2 Å². The van der Waals surface area contributed by atoms with Crippen molar-refractivity contribution in [2.75, 3.05) is 7.11 Å². The fourth-order valence-corrected chi connectivity index (χ4v) is 1.85. The molecule has 0 spiro atoms. The lowest BCUT2D eigenvalue weighted by Crippen LogP contribution is -2.13. The van der Waals surface area contributed by atoms with Gasteiger partial charge < -0.3 is 9.30 Å². The molecule has 0 radical (unpaired) electrons. The highest BCUT2D eigenvalue weighted by Crippen LogP contribution is 2.14. The molecular weight excluding hydrogens is 202 g/mol. The number of unbranched alkanes of at least 4 members (excludes halogenated alkanes) is 1. The summed E-state index contributed by atoms with van der Waals surface area (Å²) in [7, 11) is 1.43. The van der Waals surface area contributed by atoms with Crippen LogP contribution in [0.15, 0.2) is 12.1 Å². The molecule has 1 aromatic heterocycles. The molecule has 3 heteroatoms. The van der Waals surface area contributed by atoms with Crippen LogP contribution in [0.5, 0.6) is 0 Å². The topological polar surface area (TPSA) is 31.2 Å². The van der Waals surface area contributed by atoms with E-state index in [2.05, 4.69) is 18.4 Å². The molecule has 3 nitrogen and oxygen atoms in total. The first-order valence-corrected chi connectivity index (χ1v) is 6.01. The first-order chi connectivity index (χ1) is 7.74. The Kier molecular flexibility index (Phi) is 5.09. The van der Waals surface area contributed by atoms with Crippen molar-refractivity contribution in [2.24, 2.45) is 0 Å². The Hall–Kier alpha value is -1.25. The highest BCUT2D eigenvalue weighted by Gasteiger charge is 2.14. The van der Waals surface area contributed by atoms with Gasteiger partial charge in [0, 0.05) is 12.2 Å². The third-order valence-electron chi connectivity index (χ3n) is 2.71. The van der Waals surface area contributed by atoms with E-state index in [1.807, 2.05) is 12.1 Å². The van der Waals surface area contributed by atoms with Crippen LogP contribution in [0.2, 0.25) is 0 Å². The second kappa shape index (κ2) is 6.36. The molecule has 0 unspecified atom stereocenters. The molecule has 0 saturated carbocycles. The quantitative estimate of drug-likeness (QED) is 0.694. The molecule has 1 aromatic rings. The average Bonchev–Trinajstić information content (AvgIpc) is 2.69. The minimum atomic E-state index is -0.238. The number of rotatable bonds is 6. The lowest BCUT2D eigenvalue weighted by Gasteiger charge is -2.11. The number of hydrogen-bond donors (Lipinski definition) is 0. The molecule has 0 aliphatic carbocycles. The molecule has 0 aliphatic rings. The molecular formula is C13H21NO2. The predicted octanol–water partition coefficient (Wildman–Crippen LogP) is 3.03. The third kappa shape index (κ3) is 2.87. The molecule has 0 saturated heterocycles. The maximum absolute atomic E-state index is 11.6. The Morgan fingerprint density at radius 1 is 1.31 bits per heavy atom. The van der Waals surface area contributed by atoms with Gasteiger partial charge >= 0.3 is 5.97 Å². The van der Waals surface area contributed by atoms with E-state index in [4.69, 9.17) is 4.74 Å². The van der Waals surface area contributed by atoms with Gasteiger partial charge in [-0.05, 0) is 25.0 Å². The van der Waals surface area contributed by atoms with Gasteiger partial charge in [-0.1, -0.05) is 26.7 Å². The van der Waals surface area contributed by atoms with E-state index in [9.17, 15) is 4.79 Å². The zero-order valence-electron chi connectivity index (χ0n) is 10.5. The van der Waals surface area contributed by atoms with Crippen LogP contribution in [-0.4, -0.2) is 17.6 Å². The highest BCUT2D eigenvalue weighted by atomic mass is 16.5. The zero-order valence-corrected chi connectivity index (χ0v) is 10.5. The lowest BCUT2D eigenvalue weighted by molar-refractivity contribution is 0.0588. The summed E-state index contributed by atoms with van der Waals surface area (Å²) in [6.07, 6.45) is 4.33. The Bertz CT molecular complexity index is 342. The normalized spacial score (nSPS) is 10.4. The van der Waals surface area contributed by atoms with Crippen LogP contribution in [0.4, 0.5) is 0 Å². The van der Waals surface area contributed by atoms with Crippen LogP contribution in [0.1, 0.15) is 49.3 Å².